The highest BCUT2D eigenvalue weighted by Gasteiger charge is 2.19. The highest BCUT2D eigenvalue weighted by atomic mass is 32.2. The predicted octanol–water partition coefficient (Wildman–Crippen LogP) is 1.62. The van der Waals surface area contributed by atoms with Gasteiger partial charge in [-0.2, -0.15) is 0 Å². The van der Waals surface area contributed by atoms with E-state index < -0.39 is 10.0 Å². The molecule has 4 nitrogen and oxygen atoms in total. The summed E-state index contributed by atoms with van der Waals surface area (Å²) in [6.45, 7) is 5.78. The zero-order valence-corrected chi connectivity index (χ0v) is 11.5. The van der Waals surface area contributed by atoms with Crippen molar-refractivity contribution in [2.24, 2.45) is 0 Å². The number of hydrogen-bond donors (Lipinski definition) is 1. The minimum Gasteiger partial charge on any atom is -0.383 e. The van der Waals surface area contributed by atoms with Gasteiger partial charge in [0.25, 0.3) is 0 Å². The normalized spacial score (nSPS) is 13.6. The molecule has 17 heavy (non-hydrogen) atoms. The van der Waals surface area contributed by atoms with Crippen LogP contribution in [0.1, 0.15) is 18.1 Å². The van der Waals surface area contributed by atoms with Crippen LogP contribution >= 0.6 is 0 Å². The molecule has 1 N–H and O–H groups in total. The fraction of sp³-hybridized carbons (Fsp3) is 0.500. The lowest BCUT2D eigenvalue weighted by atomic mass is 10.2. The average Bonchev–Trinajstić information content (AvgIpc) is 2.21. The molecule has 0 aliphatic carbocycles. The van der Waals surface area contributed by atoms with E-state index in [9.17, 15) is 8.42 Å². The summed E-state index contributed by atoms with van der Waals surface area (Å²) in [4.78, 5) is 0.334. The molecule has 0 spiro atoms. The van der Waals surface area contributed by atoms with Gasteiger partial charge in [-0.05, 0) is 38.0 Å². The van der Waals surface area contributed by atoms with Crippen LogP contribution in [0.4, 0.5) is 0 Å². The number of nitrogens with one attached hydrogen (secondary N) is 1. The molecular weight excluding hydrogens is 238 g/mol. The average molecular weight is 257 g/mol. The van der Waals surface area contributed by atoms with Crippen LogP contribution in [0.2, 0.25) is 0 Å². The molecule has 0 amide bonds. The Morgan fingerprint density at radius 1 is 1.35 bits per heavy atom. The van der Waals surface area contributed by atoms with Gasteiger partial charge in [0, 0.05) is 13.2 Å². The lowest BCUT2D eigenvalue weighted by Gasteiger charge is -2.15. The van der Waals surface area contributed by atoms with Gasteiger partial charge in [0.05, 0.1) is 11.5 Å². The fourth-order valence-electron chi connectivity index (χ4n) is 1.61. The Hall–Kier alpha value is -0.910. The third-order valence-corrected chi connectivity index (χ3v) is 4.14. The van der Waals surface area contributed by atoms with Crippen LogP contribution in [0.25, 0.3) is 0 Å². The van der Waals surface area contributed by atoms with E-state index >= 15 is 0 Å². The Morgan fingerprint density at radius 3 is 2.59 bits per heavy atom. The van der Waals surface area contributed by atoms with Crippen LogP contribution < -0.4 is 4.72 Å². The van der Waals surface area contributed by atoms with Gasteiger partial charge in [-0.1, -0.05) is 12.1 Å². The highest BCUT2D eigenvalue weighted by molar-refractivity contribution is 7.89. The predicted molar refractivity (Wildman–Crippen MR) is 67.6 cm³/mol. The number of sulfonamides is 1. The van der Waals surface area contributed by atoms with Gasteiger partial charge in [-0.3, -0.25) is 0 Å². The van der Waals surface area contributed by atoms with Gasteiger partial charge in [-0.15, -0.1) is 0 Å². The van der Waals surface area contributed by atoms with Crippen molar-refractivity contribution in [3.05, 3.63) is 29.3 Å². The molecule has 0 bridgehead atoms. The molecule has 1 atom stereocenters. The maximum Gasteiger partial charge on any atom is 0.241 e. The standard InChI is InChI=1S/C12H19NO3S/c1-9-5-6-10(2)12(7-9)17(14,15)13-11(3)8-16-4/h5-7,11,13H,8H2,1-4H3/t11-/m0/s1. The van der Waals surface area contributed by atoms with E-state index in [0.29, 0.717) is 11.5 Å². The highest BCUT2D eigenvalue weighted by Crippen LogP contribution is 2.16. The maximum atomic E-state index is 12.1. The van der Waals surface area contributed by atoms with Crippen LogP contribution in [-0.4, -0.2) is 28.2 Å². The summed E-state index contributed by atoms with van der Waals surface area (Å²) >= 11 is 0. The number of hydrogen-bond acceptors (Lipinski definition) is 3. The van der Waals surface area contributed by atoms with Crippen LogP contribution in [0.5, 0.6) is 0 Å². The molecule has 0 fully saturated rings. The molecule has 1 aromatic carbocycles. The fourth-order valence-corrected chi connectivity index (χ4v) is 3.17. The monoisotopic (exact) mass is 257 g/mol. The topological polar surface area (TPSA) is 55.4 Å². The molecule has 5 heteroatoms. The van der Waals surface area contributed by atoms with Gasteiger partial charge < -0.3 is 4.74 Å². The molecule has 1 rings (SSSR count). The quantitative estimate of drug-likeness (QED) is 0.872. The van der Waals surface area contributed by atoms with Crippen LogP contribution in [0, 0.1) is 13.8 Å². The smallest absolute Gasteiger partial charge is 0.241 e. The summed E-state index contributed by atoms with van der Waals surface area (Å²) < 4.78 is 31.7. The second kappa shape index (κ2) is 5.62. The minimum atomic E-state index is -3.46. The molecule has 0 saturated heterocycles. The Morgan fingerprint density at radius 2 is 2.00 bits per heavy atom. The number of rotatable bonds is 5. The van der Waals surface area contributed by atoms with Crippen molar-refractivity contribution in [1.82, 2.24) is 4.72 Å². The molecule has 0 aliphatic rings. The van der Waals surface area contributed by atoms with Crippen molar-refractivity contribution >= 4 is 10.0 Å². The van der Waals surface area contributed by atoms with Crippen molar-refractivity contribution in [1.29, 1.82) is 0 Å². The largest absolute Gasteiger partial charge is 0.383 e. The third kappa shape index (κ3) is 3.80. The van der Waals surface area contributed by atoms with Gasteiger partial charge in [0.2, 0.25) is 10.0 Å². The van der Waals surface area contributed by atoms with Crippen molar-refractivity contribution in [2.45, 2.75) is 31.7 Å². The second-order valence-corrected chi connectivity index (χ2v) is 5.93. The minimum absolute atomic E-state index is 0.245. The van der Waals surface area contributed by atoms with E-state index in [1.807, 2.05) is 19.1 Å². The summed E-state index contributed by atoms with van der Waals surface area (Å²) in [5.41, 5.74) is 1.67. The molecule has 1 aromatic rings. The van der Waals surface area contributed by atoms with Crippen molar-refractivity contribution in [3.8, 4) is 0 Å². The lowest BCUT2D eigenvalue weighted by molar-refractivity contribution is 0.180. The van der Waals surface area contributed by atoms with Gasteiger partial charge in [0.1, 0.15) is 0 Å². The van der Waals surface area contributed by atoms with Crippen LogP contribution in [0.15, 0.2) is 23.1 Å². The number of methoxy groups -OCH3 is 1. The van der Waals surface area contributed by atoms with E-state index in [0.717, 1.165) is 11.1 Å². The first-order chi connectivity index (χ1) is 7.86. The summed E-state index contributed by atoms with van der Waals surface area (Å²) in [5.74, 6) is 0. The third-order valence-electron chi connectivity index (χ3n) is 2.41. The first-order valence-electron chi connectivity index (χ1n) is 5.45. The van der Waals surface area contributed by atoms with E-state index in [1.54, 1.807) is 27.0 Å². The SMILES string of the molecule is COC[C@H](C)NS(=O)(=O)c1cc(C)ccc1C. The molecule has 0 unspecified atom stereocenters. The van der Waals surface area contributed by atoms with E-state index in [2.05, 4.69) is 4.72 Å². The molecule has 0 heterocycles. The zero-order chi connectivity index (χ0) is 13.1. The van der Waals surface area contributed by atoms with E-state index in [4.69, 9.17) is 4.74 Å². The number of ether oxygens (including phenoxy) is 1. The van der Waals surface area contributed by atoms with Gasteiger partial charge >= 0.3 is 0 Å². The Bertz CT molecular complexity index is 483. The summed E-state index contributed by atoms with van der Waals surface area (Å²) in [6.07, 6.45) is 0. The van der Waals surface area contributed by atoms with Crippen LogP contribution in [-0.2, 0) is 14.8 Å². The van der Waals surface area contributed by atoms with Crippen LogP contribution in [0.3, 0.4) is 0 Å². The Balaban J connectivity index is 3.01. The first-order valence-corrected chi connectivity index (χ1v) is 6.93. The Kier molecular flexibility index (Phi) is 4.68. The van der Waals surface area contributed by atoms with E-state index in [-0.39, 0.29) is 6.04 Å². The number of benzene rings is 1. The maximum absolute atomic E-state index is 12.1. The molecule has 0 aliphatic heterocycles. The van der Waals surface area contributed by atoms with Gasteiger partial charge in [-0.25, -0.2) is 13.1 Å². The first kappa shape index (κ1) is 14.2. The number of aryl methyl sites for hydroxylation is 2. The molecule has 0 saturated carbocycles. The molecule has 0 radical (unpaired) electrons. The summed E-state index contributed by atoms with van der Waals surface area (Å²) in [7, 11) is -1.92. The van der Waals surface area contributed by atoms with Crippen molar-refractivity contribution < 1.29 is 13.2 Å². The van der Waals surface area contributed by atoms with Crippen molar-refractivity contribution in [2.75, 3.05) is 13.7 Å². The van der Waals surface area contributed by atoms with Gasteiger partial charge in [0.15, 0.2) is 0 Å². The molecule has 0 aromatic heterocycles. The van der Waals surface area contributed by atoms with E-state index in [1.165, 1.54) is 0 Å². The summed E-state index contributed by atoms with van der Waals surface area (Å²) in [6, 6.07) is 5.14. The lowest BCUT2D eigenvalue weighted by Crippen LogP contribution is -2.35. The molecular formula is C12H19NO3S. The zero-order valence-electron chi connectivity index (χ0n) is 10.6. The second-order valence-electron chi connectivity index (χ2n) is 4.25. The molecule has 96 valence electrons. The summed E-state index contributed by atoms with van der Waals surface area (Å²) in [5, 5.41) is 0. The van der Waals surface area contributed by atoms with Crippen molar-refractivity contribution in [3.63, 3.8) is 0 Å². The Labute approximate surface area is 103 Å².